The third-order valence-corrected chi connectivity index (χ3v) is 3.59. The number of carbonyl (C=O) groups is 2. The Hall–Kier alpha value is -1.50. The lowest BCUT2D eigenvalue weighted by Gasteiger charge is -2.12. The maximum absolute atomic E-state index is 13.5. The van der Waals surface area contributed by atoms with Crippen LogP contribution in [0.1, 0.15) is 23.2 Å². The number of carboxylic acids is 1. The molecule has 0 heterocycles. The van der Waals surface area contributed by atoms with E-state index in [-0.39, 0.29) is 11.0 Å². The number of nitrogens with one attached hydrogen (secondary N) is 1. The van der Waals surface area contributed by atoms with Crippen molar-refractivity contribution in [2.75, 3.05) is 6.54 Å². The summed E-state index contributed by atoms with van der Waals surface area (Å²) in [7, 11) is 0. The van der Waals surface area contributed by atoms with E-state index in [4.69, 9.17) is 5.11 Å². The summed E-state index contributed by atoms with van der Waals surface area (Å²) in [4.78, 5) is 22.6. The Kier molecular flexibility index (Phi) is 3.58. The van der Waals surface area contributed by atoms with Gasteiger partial charge >= 0.3 is 5.97 Å². The molecule has 1 fully saturated rings. The lowest BCUT2D eigenvalue weighted by molar-refractivity contribution is -0.143. The molecule has 2 N–H and O–H groups in total. The summed E-state index contributed by atoms with van der Waals surface area (Å²) >= 11 is 2.91. The van der Waals surface area contributed by atoms with Crippen LogP contribution in [0.2, 0.25) is 0 Å². The average Bonchev–Trinajstić information content (AvgIpc) is 3.05. The predicted octanol–water partition coefficient (Wildman–Crippen LogP) is 2.32. The van der Waals surface area contributed by atoms with Gasteiger partial charge in [-0.2, -0.15) is 0 Å². The largest absolute Gasteiger partial charge is 0.481 e. The molecule has 0 aromatic heterocycles. The van der Waals surface area contributed by atoms with E-state index in [9.17, 15) is 18.4 Å². The topological polar surface area (TPSA) is 66.4 Å². The molecule has 0 atom stereocenters. The van der Waals surface area contributed by atoms with Gasteiger partial charge in [-0.05, 0) is 25.0 Å². The van der Waals surface area contributed by atoms with Crippen molar-refractivity contribution < 1.29 is 23.5 Å². The van der Waals surface area contributed by atoms with Crippen molar-refractivity contribution in [1.29, 1.82) is 0 Å². The minimum atomic E-state index is -1.01. The Morgan fingerprint density at radius 2 is 1.84 bits per heavy atom. The molecule has 1 saturated carbocycles. The SMILES string of the molecule is O=C(NCC1(C(=O)O)CC1)c1c(F)cc(Br)cc1F. The van der Waals surface area contributed by atoms with Crippen molar-refractivity contribution in [1.82, 2.24) is 5.32 Å². The lowest BCUT2D eigenvalue weighted by atomic mass is 10.1. The molecule has 1 aromatic carbocycles. The number of benzene rings is 1. The number of amides is 1. The third kappa shape index (κ3) is 2.75. The molecular formula is C12H10BrF2NO3. The molecular weight excluding hydrogens is 324 g/mol. The van der Waals surface area contributed by atoms with Gasteiger partial charge in [0.2, 0.25) is 0 Å². The quantitative estimate of drug-likeness (QED) is 0.888. The first-order valence-corrected chi connectivity index (χ1v) is 6.31. The zero-order valence-electron chi connectivity index (χ0n) is 9.67. The predicted molar refractivity (Wildman–Crippen MR) is 65.7 cm³/mol. The Bertz CT molecular complexity index is 535. The molecule has 7 heteroatoms. The van der Waals surface area contributed by atoms with Crippen molar-refractivity contribution in [3.63, 3.8) is 0 Å². The van der Waals surface area contributed by atoms with Crippen LogP contribution in [0.15, 0.2) is 16.6 Å². The molecule has 19 heavy (non-hydrogen) atoms. The van der Waals surface area contributed by atoms with Crippen LogP contribution in [-0.2, 0) is 4.79 Å². The van der Waals surface area contributed by atoms with Crippen molar-refractivity contribution in [3.8, 4) is 0 Å². The van der Waals surface area contributed by atoms with Crippen LogP contribution in [0.25, 0.3) is 0 Å². The van der Waals surface area contributed by atoms with Crippen molar-refractivity contribution in [2.24, 2.45) is 5.41 Å². The number of aliphatic carboxylic acids is 1. The van der Waals surface area contributed by atoms with Crippen LogP contribution < -0.4 is 5.32 Å². The number of carboxylic acid groups (broad SMARTS) is 1. The molecule has 1 aromatic rings. The Balaban J connectivity index is 2.11. The average molecular weight is 334 g/mol. The fourth-order valence-electron chi connectivity index (χ4n) is 1.71. The summed E-state index contributed by atoms with van der Waals surface area (Å²) in [6.07, 6.45) is 0.905. The van der Waals surface area contributed by atoms with Gasteiger partial charge in [0.05, 0.1) is 5.41 Å². The van der Waals surface area contributed by atoms with E-state index in [0.717, 1.165) is 12.1 Å². The Morgan fingerprint density at radius 3 is 2.26 bits per heavy atom. The minimum absolute atomic E-state index is 0.129. The second kappa shape index (κ2) is 4.88. The maximum Gasteiger partial charge on any atom is 0.311 e. The molecule has 0 radical (unpaired) electrons. The first kappa shape index (κ1) is 13.9. The van der Waals surface area contributed by atoms with Gasteiger partial charge in [-0.15, -0.1) is 0 Å². The van der Waals surface area contributed by atoms with E-state index >= 15 is 0 Å². The Labute approximate surface area is 115 Å². The second-order valence-corrected chi connectivity index (χ2v) is 5.43. The standard InChI is InChI=1S/C12H10BrF2NO3/c13-6-3-7(14)9(8(15)4-6)10(17)16-5-12(1-2-12)11(18)19/h3-4H,1-2,5H2,(H,16,17)(H,18,19). The number of halogens is 3. The maximum atomic E-state index is 13.5. The highest BCUT2D eigenvalue weighted by Crippen LogP contribution is 2.45. The number of rotatable bonds is 4. The van der Waals surface area contributed by atoms with Crippen LogP contribution in [0, 0.1) is 17.0 Å². The monoisotopic (exact) mass is 333 g/mol. The lowest BCUT2D eigenvalue weighted by Crippen LogP contribution is -2.35. The molecule has 0 saturated heterocycles. The van der Waals surface area contributed by atoms with Crippen molar-refractivity contribution >= 4 is 27.8 Å². The van der Waals surface area contributed by atoms with Gasteiger partial charge in [-0.25, -0.2) is 8.78 Å². The van der Waals surface area contributed by atoms with Crippen LogP contribution in [0.4, 0.5) is 8.78 Å². The molecule has 0 bridgehead atoms. The highest BCUT2D eigenvalue weighted by atomic mass is 79.9. The molecule has 1 amide bonds. The van der Waals surface area contributed by atoms with Gasteiger partial charge in [0.25, 0.3) is 5.91 Å². The van der Waals surface area contributed by atoms with Gasteiger partial charge in [0, 0.05) is 11.0 Å². The molecule has 1 aliphatic carbocycles. The summed E-state index contributed by atoms with van der Waals surface area (Å²) in [6.45, 7) is -0.129. The van der Waals surface area contributed by atoms with Crippen molar-refractivity contribution in [2.45, 2.75) is 12.8 Å². The van der Waals surface area contributed by atoms with E-state index in [1.807, 2.05) is 0 Å². The zero-order valence-corrected chi connectivity index (χ0v) is 11.3. The number of hydrogen-bond donors (Lipinski definition) is 2. The van der Waals surface area contributed by atoms with Crippen LogP contribution >= 0.6 is 15.9 Å². The zero-order chi connectivity index (χ0) is 14.2. The van der Waals surface area contributed by atoms with Crippen LogP contribution in [-0.4, -0.2) is 23.5 Å². The molecule has 102 valence electrons. The number of hydrogen-bond acceptors (Lipinski definition) is 2. The van der Waals surface area contributed by atoms with E-state index in [0.29, 0.717) is 12.8 Å². The van der Waals surface area contributed by atoms with E-state index in [1.54, 1.807) is 0 Å². The normalized spacial score (nSPS) is 15.9. The Morgan fingerprint density at radius 1 is 1.32 bits per heavy atom. The minimum Gasteiger partial charge on any atom is -0.481 e. The molecule has 2 rings (SSSR count). The summed E-state index contributed by atoms with van der Waals surface area (Å²) in [6, 6.07) is 1.95. The van der Waals surface area contributed by atoms with Crippen molar-refractivity contribution in [3.05, 3.63) is 33.8 Å². The summed E-state index contributed by atoms with van der Waals surface area (Å²) in [5.74, 6) is -3.95. The molecule has 0 aliphatic heterocycles. The highest BCUT2D eigenvalue weighted by Gasteiger charge is 2.50. The fraction of sp³-hybridized carbons (Fsp3) is 0.333. The van der Waals surface area contributed by atoms with Gasteiger partial charge in [0.1, 0.15) is 17.2 Å². The highest BCUT2D eigenvalue weighted by molar-refractivity contribution is 9.10. The molecule has 0 spiro atoms. The first-order valence-electron chi connectivity index (χ1n) is 5.52. The summed E-state index contributed by atoms with van der Waals surface area (Å²) in [5, 5.41) is 11.2. The molecule has 0 unspecified atom stereocenters. The fourth-order valence-corrected chi connectivity index (χ4v) is 2.12. The van der Waals surface area contributed by atoms with E-state index in [2.05, 4.69) is 21.2 Å². The van der Waals surface area contributed by atoms with Gasteiger partial charge in [0.15, 0.2) is 0 Å². The van der Waals surface area contributed by atoms with Crippen LogP contribution in [0.3, 0.4) is 0 Å². The second-order valence-electron chi connectivity index (χ2n) is 4.51. The van der Waals surface area contributed by atoms with Gasteiger partial charge in [-0.3, -0.25) is 9.59 Å². The van der Waals surface area contributed by atoms with E-state index < -0.39 is 34.5 Å². The summed E-state index contributed by atoms with van der Waals surface area (Å²) in [5.41, 5.74) is -1.68. The third-order valence-electron chi connectivity index (χ3n) is 3.13. The van der Waals surface area contributed by atoms with Gasteiger partial charge in [-0.1, -0.05) is 15.9 Å². The molecule has 1 aliphatic rings. The summed E-state index contributed by atoms with van der Waals surface area (Å²) < 4.78 is 27.2. The number of carbonyl (C=O) groups excluding carboxylic acids is 1. The van der Waals surface area contributed by atoms with E-state index in [1.165, 1.54) is 0 Å². The van der Waals surface area contributed by atoms with Crippen LogP contribution in [0.5, 0.6) is 0 Å². The smallest absolute Gasteiger partial charge is 0.311 e. The first-order chi connectivity index (χ1) is 8.85. The molecule has 4 nitrogen and oxygen atoms in total. The van der Waals surface area contributed by atoms with Gasteiger partial charge < -0.3 is 10.4 Å².